The number of allylic oxidation sites excluding steroid dienone is 1. The molecule has 2 aromatic rings. The molecule has 0 atom stereocenters. The van der Waals surface area contributed by atoms with Gasteiger partial charge in [-0.2, -0.15) is 0 Å². The van der Waals surface area contributed by atoms with Crippen molar-refractivity contribution < 1.29 is 10.2 Å². The summed E-state index contributed by atoms with van der Waals surface area (Å²) in [6.07, 6.45) is 0. The Morgan fingerprint density at radius 1 is 0.882 bits per heavy atom. The third kappa shape index (κ3) is 4.43. The highest BCUT2D eigenvalue weighted by atomic mass is 16.3. The number of para-hydroxylation sites is 2. The summed E-state index contributed by atoms with van der Waals surface area (Å²) in [5.41, 5.74) is 1.71. The topological polar surface area (TPSA) is 40.5 Å². The van der Waals surface area contributed by atoms with E-state index in [9.17, 15) is 5.11 Å². The molecule has 17 heavy (non-hydrogen) atoms. The first-order chi connectivity index (χ1) is 8.11. The Bertz CT molecular complexity index is 475. The van der Waals surface area contributed by atoms with Crippen molar-refractivity contribution in [3.05, 3.63) is 66.7 Å². The fraction of sp³-hybridized carbons (Fsp3) is 0.0667. The molecule has 0 heterocycles. The Morgan fingerprint density at radius 3 is 1.76 bits per heavy atom. The highest BCUT2D eigenvalue weighted by Gasteiger charge is 1.96. The van der Waals surface area contributed by atoms with Crippen molar-refractivity contribution in [1.82, 2.24) is 0 Å². The molecule has 0 saturated carbocycles. The first-order valence-corrected chi connectivity index (χ1v) is 5.29. The molecule has 0 amide bonds. The van der Waals surface area contributed by atoms with Crippen LogP contribution in [0.2, 0.25) is 0 Å². The first kappa shape index (κ1) is 12.8. The largest absolute Gasteiger partial charge is 0.508 e. The van der Waals surface area contributed by atoms with Crippen molar-refractivity contribution in [2.24, 2.45) is 0 Å². The van der Waals surface area contributed by atoms with Gasteiger partial charge in [0.1, 0.15) is 11.5 Å². The molecule has 0 aliphatic heterocycles. The van der Waals surface area contributed by atoms with E-state index in [-0.39, 0.29) is 0 Å². The summed E-state index contributed by atoms with van der Waals surface area (Å²) >= 11 is 0. The molecule has 88 valence electrons. The van der Waals surface area contributed by atoms with Gasteiger partial charge in [-0.25, -0.2) is 0 Å². The number of phenols is 2. The van der Waals surface area contributed by atoms with E-state index in [4.69, 9.17) is 5.11 Å². The van der Waals surface area contributed by atoms with Crippen molar-refractivity contribution in [3.8, 4) is 11.5 Å². The third-order valence-corrected chi connectivity index (χ3v) is 2.12. The van der Waals surface area contributed by atoms with Crippen LogP contribution in [-0.4, -0.2) is 10.2 Å². The summed E-state index contributed by atoms with van der Waals surface area (Å²) < 4.78 is 0. The van der Waals surface area contributed by atoms with Gasteiger partial charge in [0.15, 0.2) is 0 Å². The molecule has 2 rings (SSSR count). The molecule has 0 radical (unpaired) electrons. The molecule has 0 spiro atoms. The van der Waals surface area contributed by atoms with Crippen molar-refractivity contribution >= 4 is 5.57 Å². The summed E-state index contributed by atoms with van der Waals surface area (Å²) in [5.74, 6) is 0.623. The molecule has 0 unspecified atom stereocenters. The molecule has 0 bridgehead atoms. The average Bonchev–Trinajstić information content (AvgIpc) is 2.31. The molecule has 0 saturated heterocycles. The molecule has 2 nitrogen and oxygen atoms in total. The Hall–Kier alpha value is -2.22. The van der Waals surface area contributed by atoms with Gasteiger partial charge in [0.25, 0.3) is 0 Å². The highest BCUT2D eigenvalue weighted by Crippen LogP contribution is 2.21. The molecule has 0 aromatic heterocycles. The minimum Gasteiger partial charge on any atom is -0.508 e. The Morgan fingerprint density at radius 2 is 1.41 bits per heavy atom. The molecule has 0 fully saturated rings. The lowest BCUT2D eigenvalue weighted by Gasteiger charge is -2.00. The second-order valence-electron chi connectivity index (χ2n) is 3.63. The lowest BCUT2D eigenvalue weighted by atomic mass is 10.1. The van der Waals surface area contributed by atoms with Crippen LogP contribution in [0, 0.1) is 0 Å². The van der Waals surface area contributed by atoms with Crippen molar-refractivity contribution in [3.63, 3.8) is 0 Å². The van der Waals surface area contributed by atoms with Crippen LogP contribution in [0.1, 0.15) is 12.5 Å². The van der Waals surface area contributed by atoms with Crippen LogP contribution < -0.4 is 0 Å². The standard InChI is InChI=1S/C9H10O.C6H6O/c1-7(2)8-5-3-4-6-9(8)10;7-6-4-2-1-3-5-6/h3-6,10H,1H2,2H3;1-5,7H. The molecular weight excluding hydrogens is 212 g/mol. The zero-order chi connectivity index (χ0) is 12.7. The van der Waals surface area contributed by atoms with E-state index in [2.05, 4.69) is 6.58 Å². The van der Waals surface area contributed by atoms with Gasteiger partial charge in [-0.05, 0) is 30.7 Å². The van der Waals surface area contributed by atoms with Crippen LogP contribution in [0.4, 0.5) is 0 Å². The number of hydrogen-bond acceptors (Lipinski definition) is 2. The van der Waals surface area contributed by atoms with Crippen molar-refractivity contribution in [2.75, 3.05) is 0 Å². The van der Waals surface area contributed by atoms with Crippen LogP contribution in [-0.2, 0) is 0 Å². The fourth-order valence-electron chi connectivity index (χ4n) is 1.26. The normalized spacial score (nSPS) is 9.00. The summed E-state index contributed by atoms with van der Waals surface area (Å²) in [7, 11) is 0. The van der Waals surface area contributed by atoms with Crippen LogP contribution >= 0.6 is 0 Å². The Labute approximate surface area is 101 Å². The lowest BCUT2D eigenvalue weighted by Crippen LogP contribution is -1.76. The average molecular weight is 228 g/mol. The van der Waals surface area contributed by atoms with Gasteiger partial charge in [0.2, 0.25) is 0 Å². The quantitative estimate of drug-likeness (QED) is 0.779. The van der Waals surface area contributed by atoms with Crippen LogP contribution in [0.3, 0.4) is 0 Å². The molecular formula is C15H16O2. The third-order valence-electron chi connectivity index (χ3n) is 2.12. The van der Waals surface area contributed by atoms with E-state index >= 15 is 0 Å². The molecule has 0 aliphatic carbocycles. The highest BCUT2D eigenvalue weighted by molar-refractivity contribution is 5.66. The van der Waals surface area contributed by atoms with E-state index < -0.39 is 0 Å². The summed E-state index contributed by atoms with van der Waals surface area (Å²) in [4.78, 5) is 0. The van der Waals surface area contributed by atoms with Crippen molar-refractivity contribution in [1.29, 1.82) is 0 Å². The second kappa shape index (κ2) is 6.38. The smallest absolute Gasteiger partial charge is 0.123 e. The zero-order valence-corrected chi connectivity index (χ0v) is 9.80. The van der Waals surface area contributed by atoms with Gasteiger partial charge in [0, 0.05) is 5.56 Å². The summed E-state index contributed by atoms with van der Waals surface area (Å²) in [6.45, 7) is 5.60. The molecule has 2 aromatic carbocycles. The van der Waals surface area contributed by atoms with Crippen LogP contribution in [0.25, 0.3) is 5.57 Å². The van der Waals surface area contributed by atoms with Gasteiger partial charge in [-0.1, -0.05) is 43.0 Å². The second-order valence-corrected chi connectivity index (χ2v) is 3.63. The Balaban J connectivity index is 0.000000181. The van der Waals surface area contributed by atoms with Crippen LogP contribution in [0.15, 0.2) is 61.2 Å². The number of hydrogen-bond donors (Lipinski definition) is 2. The predicted octanol–water partition coefficient (Wildman–Crippen LogP) is 3.82. The molecule has 2 N–H and O–H groups in total. The minimum absolute atomic E-state index is 0.301. The van der Waals surface area contributed by atoms with Gasteiger partial charge >= 0.3 is 0 Å². The summed E-state index contributed by atoms with van der Waals surface area (Å²) in [6, 6.07) is 15.9. The Kier molecular flexibility index (Phi) is 4.82. The number of phenolic OH excluding ortho intramolecular Hbond substituents is 2. The summed E-state index contributed by atoms with van der Waals surface area (Å²) in [5, 5.41) is 17.9. The van der Waals surface area contributed by atoms with E-state index in [1.54, 1.807) is 36.4 Å². The monoisotopic (exact) mass is 228 g/mol. The van der Waals surface area contributed by atoms with Crippen LogP contribution in [0.5, 0.6) is 11.5 Å². The zero-order valence-electron chi connectivity index (χ0n) is 9.80. The van der Waals surface area contributed by atoms with Gasteiger partial charge in [0.05, 0.1) is 0 Å². The van der Waals surface area contributed by atoms with Gasteiger partial charge in [-0.3, -0.25) is 0 Å². The minimum atomic E-state index is 0.301. The number of aromatic hydroxyl groups is 2. The maximum absolute atomic E-state index is 9.22. The maximum atomic E-state index is 9.22. The molecule has 0 aliphatic rings. The lowest BCUT2D eigenvalue weighted by molar-refractivity contribution is 0.473. The fourth-order valence-corrected chi connectivity index (χ4v) is 1.26. The van der Waals surface area contributed by atoms with E-state index in [0.29, 0.717) is 11.5 Å². The van der Waals surface area contributed by atoms with Gasteiger partial charge in [-0.15, -0.1) is 0 Å². The molecule has 2 heteroatoms. The number of benzene rings is 2. The predicted molar refractivity (Wildman–Crippen MR) is 70.9 cm³/mol. The van der Waals surface area contributed by atoms with E-state index in [0.717, 1.165) is 11.1 Å². The van der Waals surface area contributed by atoms with Crippen molar-refractivity contribution in [2.45, 2.75) is 6.92 Å². The van der Waals surface area contributed by atoms with E-state index in [1.165, 1.54) is 0 Å². The SMILES string of the molecule is C=C(C)c1ccccc1O.Oc1ccccc1. The van der Waals surface area contributed by atoms with E-state index in [1.807, 2.05) is 25.1 Å². The maximum Gasteiger partial charge on any atom is 0.123 e. The number of rotatable bonds is 1. The first-order valence-electron chi connectivity index (χ1n) is 5.29. The van der Waals surface area contributed by atoms with Gasteiger partial charge < -0.3 is 10.2 Å².